The van der Waals surface area contributed by atoms with E-state index in [0.29, 0.717) is 18.5 Å². The Hall–Kier alpha value is -3.67. The number of anilines is 1. The first-order chi connectivity index (χ1) is 18.1. The highest BCUT2D eigenvalue weighted by molar-refractivity contribution is 7.92. The number of ether oxygens (including phenoxy) is 1. The van der Waals surface area contributed by atoms with Crippen LogP contribution in [0.4, 0.5) is 5.69 Å². The average Bonchev–Trinajstić information content (AvgIpc) is 3.17. The molecule has 11 heteroatoms. The Kier molecular flexibility index (Phi) is 6.99. The number of hydrogen-bond acceptors (Lipinski definition) is 6. The third kappa shape index (κ3) is 5.59. The van der Waals surface area contributed by atoms with Crippen molar-refractivity contribution in [3.63, 3.8) is 0 Å². The molecule has 1 saturated heterocycles. The van der Waals surface area contributed by atoms with E-state index in [1.165, 1.54) is 10.6 Å². The molecule has 1 fully saturated rings. The average molecular weight is 554 g/mol. The number of sulfonamides is 1. The van der Waals surface area contributed by atoms with Crippen LogP contribution in [-0.4, -0.2) is 45.9 Å². The topological polar surface area (TPSA) is 113 Å². The van der Waals surface area contributed by atoms with Gasteiger partial charge in [0.15, 0.2) is 0 Å². The summed E-state index contributed by atoms with van der Waals surface area (Å²) < 4.78 is 60.6. The van der Waals surface area contributed by atoms with E-state index in [-0.39, 0.29) is 30.6 Å². The Labute approximate surface area is 222 Å². The Morgan fingerprint density at radius 3 is 2.39 bits per heavy atom. The van der Waals surface area contributed by atoms with Crippen LogP contribution < -0.4 is 13.8 Å². The number of amides is 1. The molecule has 3 aromatic rings. The molecule has 3 aromatic carbocycles. The van der Waals surface area contributed by atoms with Gasteiger partial charge in [0, 0.05) is 12.6 Å². The van der Waals surface area contributed by atoms with Crippen LogP contribution >= 0.6 is 0 Å². The largest absolute Gasteiger partial charge is 0.487 e. The van der Waals surface area contributed by atoms with Crippen LogP contribution in [0.5, 0.6) is 5.75 Å². The normalized spacial score (nSPS) is 19.3. The Bertz CT molecular complexity index is 1600. The van der Waals surface area contributed by atoms with E-state index in [2.05, 4.69) is 0 Å². The van der Waals surface area contributed by atoms with Crippen LogP contribution in [0.25, 0.3) is 6.08 Å². The summed E-state index contributed by atoms with van der Waals surface area (Å²) in [4.78, 5) is 11.8. The highest BCUT2D eigenvalue weighted by atomic mass is 32.2. The quantitative estimate of drug-likeness (QED) is 0.482. The molecule has 0 aromatic heterocycles. The summed E-state index contributed by atoms with van der Waals surface area (Å²) in [7, 11) is -7.49. The van der Waals surface area contributed by atoms with Gasteiger partial charge in [-0.15, -0.1) is 0 Å². The molecule has 1 atom stereocenters. The number of carbonyl (C=O) groups excluding carboxylic acids is 1. The zero-order chi connectivity index (χ0) is 26.9. The van der Waals surface area contributed by atoms with Crippen LogP contribution in [0.15, 0.2) is 78.9 Å². The molecule has 1 N–H and O–H groups in total. The highest BCUT2D eigenvalue weighted by Crippen LogP contribution is 2.34. The first kappa shape index (κ1) is 26.0. The van der Waals surface area contributed by atoms with Crippen molar-refractivity contribution in [3.8, 4) is 5.75 Å². The van der Waals surface area contributed by atoms with Crippen LogP contribution in [-0.2, 0) is 44.6 Å². The number of fused-ring (bicyclic) bond motifs is 1. The van der Waals surface area contributed by atoms with Crippen LogP contribution in [0.2, 0.25) is 0 Å². The first-order valence-corrected chi connectivity index (χ1v) is 15.2. The Morgan fingerprint density at radius 1 is 1.00 bits per heavy atom. The third-order valence-corrected chi connectivity index (χ3v) is 9.13. The van der Waals surface area contributed by atoms with E-state index < -0.39 is 26.1 Å². The number of hydrogen-bond donors (Lipinski definition) is 1. The molecule has 2 aliphatic heterocycles. The second-order valence-corrected chi connectivity index (χ2v) is 12.8. The van der Waals surface area contributed by atoms with Crippen molar-refractivity contribution in [2.24, 2.45) is 0 Å². The molecule has 38 heavy (non-hydrogen) atoms. The molecular formula is C27H27N3O6S2. The van der Waals surface area contributed by atoms with E-state index in [0.717, 1.165) is 21.0 Å². The van der Waals surface area contributed by atoms with Gasteiger partial charge in [-0.05, 0) is 40.8 Å². The van der Waals surface area contributed by atoms with Crippen molar-refractivity contribution in [3.05, 3.63) is 101 Å². The highest BCUT2D eigenvalue weighted by Gasteiger charge is 2.36. The van der Waals surface area contributed by atoms with E-state index in [1.807, 2.05) is 65.4 Å². The molecule has 0 unspecified atom stereocenters. The summed E-state index contributed by atoms with van der Waals surface area (Å²) in [5.41, 5.74) is 3.91. The van der Waals surface area contributed by atoms with E-state index in [1.54, 1.807) is 24.3 Å². The lowest BCUT2D eigenvalue weighted by Gasteiger charge is -2.33. The standard InChI is InChI=1S/C27H27N3O6S2/c1-37(32,33)29-17-23-10-6-5-9-22(23)16-24(29)13-11-20-12-14-25(30-18-27(31)28-38(30,34)35)26(15-20)36-19-21-7-3-2-4-8-21/h2-15,24H,16-19H2,1H3,(H,28,31)/t24-/m1/s1. The van der Waals surface area contributed by atoms with Gasteiger partial charge in [-0.3, -0.25) is 4.79 Å². The van der Waals surface area contributed by atoms with Crippen molar-refractivity contribution < 1.29 is 26.4 Å². The number of nitrogens with zero attached hydrogens (tertiary/aromatic N) is 2. The second-order valence-electron chi connectivity index (χ2n) is 9.25. The molecule has 0 aliphatic carbocycles. The van der Waals surface area contributed by atoms with Gasteiger partial charge in [0.25, 0.3) is 5.91 Å². The predicted octanol–water partition coefficient (Wildman–Crippen LogP) is 2.85. The maximum absolute atomic E-state index is 12.5. The number of rotatable bonds is 7. The van der Waals surface area contributed by atoms with Crippen molar-refractivity contribution >= 4 is 37.9 Å². The summed E-state index contributed by atoms with van der Waals surface area (Å²) in [6.07, 6.45) is 5.38. The van der Waals surface area contributed by atoms with Gasteiger partial charge < -0.3 is 4.74 Å². The van der Waals surface area contributed by atoms with Gasteiger partial charge in [-0.1, -0.05) is 72.8 Å². The Balaban J connectivity index is 1.47. The molecule has 2 aliphatic rings. The number of benzene rings is 3. The third-order valence-electron chi connectivity index (χ3n) is 6.49. The van der Waals surface area contributed by atoms with Crippen molar-refractivity contribution in [2.75, 3.05) is 17.1 Å². The summed E-state index contributed by atoms with van der Waals surface area (Å²) in [6, 6.07) is 21.8. The van der Waals surface area contributed by atoms with Crippen LogP contribution in [0.1, 0.15) is 22.3 Å². The summed E-state index contributed by atoms with van der Waals surface area (Å²) in [5.74, 6) is -0.341. The van der Waals surface area contributed by atoms with E-state index >= 15 is 0 Å². The van der Waals surface area contributed by atoms with Crippen molar-refractivity contribution in [1.82, 2.24) is 9.03 Å². The van der Waals surface area contributed by atoms with Gasteiger partial charge in [0.2, 0.25) is 10.0 Å². The second kappa shape index (κ2) is 10.2. The first-order valence-electron chi connectivity index (χ1n) is 12.0. The maximum Gasteiger partial charge on any atom is 0.326 e. The summed E-state index contributed by atoms with van der Waals surface area (Å²) >= 11 is 0. The number of carbonyl (C=O) groups is 1. The van der Waals surface area contributed by atoms with Crippen LogP contribution in [0, 0.1) is 0 Å². The molecule has 198 valence electrons. The lowest BCUT2D eigenvalue weighted by Crippen LogP contribution is -2.42. The minimum absolute atomic E-state index is 0.192. The fourth-order valence-corrected chi connectivity index (χ4v) is 6.79. The summed E-state index contributed by atoms with van der Waals surface area (Å²) in [6.45, 7) is 0.143. The SMILES string of the molecule is CS(=O)(=O)N1Cc2ccccc2C[C@H]1C=Cc1ccc(N2CC(=O)NS2(=O)=O)c(OCc2ccccc2)c1. The predicted molar refractivity (Wildman–Crippen MR) is 145 cm³/mol. The maximum atomic E-state index is 12.5. The molecule has 9 nitrogen and oxygen atoms in total. The van der Waals surface area contributed by atoms with Gasteiger partial charge >= 0.3 is 10.2 Å². The Morgan fingerprint density at radius 2 is 1.71 bits per heavy atom. The van der Waals surface area contributed by atoms with E-state index in [9.17, 15) is 21.6 Å². The van der Waals surface area contributed by atoms with Gasteiger partial charge in [-0.2, -0.15) is 12.7 Å². The minimum atomic E-state index is -4.03. The monoisotopic (exact) mass is 553 g/mol. The summed E-state index contributed by atoms with van der Waals surface area (Å²) in [5, 5.41) is 0. The minimum Gasteiger partial charge on any atom is -0.487 e. The zero-order valence-electron chi connectivity index (χ0n) is 20.6. The lowest BCUT2D eigenvalue weighted by molar-refractivity contribution is -0.117. The smallest absolute Gasteiger partial charge is 0.326 e. The van der Waals surface area contributed by atoms with Crippen LogP contribution in [0.3, 0.4) is 0 Å². The fraction of sp³-hybridized carbons (Fsp3) is 0.222. The number of nitrogens with one attached hydrogen (secondary N) is 1. The van der Waals surface area contributed by atoms with E-state index in [4.69, 9.17) is 4.74 Å². The van der Waals surface area contributed by atoms with Gasteiger partial charge in [-0.25, -0.2) is 17.4 Å². The lowest BCUT2D eigenvalue weighted by atomic mass is 9.95. The zero-order valence-corrected chi connectivity index (χ0v) is 22.3. The molecule has 0 spiro atoms. The molecule has 0 bridgehead atoms. The fourth-order valence-electron chi connectivity index (χ4n) is 4.63. The van der Waals surface area contributed by atoms with Gasteiger partial charge in [0.1, 0.15) is 18.9 Å². The van der Waals surface area contributed by atoms with Crippen molar-refractivity contribution in [2.45, 2.75) is 25.6 Å². The van der Waals surface area contributed by atoms with Gasteiger partial charge in [0.05, 0.1) is 11.9 Å². The molecule has 1 amide bonds. The van der Waals surface area contributed by atoms with Crippen molar-refractivity contribution in [1.29, 1.82) is 0 Å². The molecule has 2 heterocycles. The molecule has 5 rings (SSSR count). The molecule has 0 saturated carbocycles. The molecule has 0 radical (unpaired) electrons. The molecular weight excluding hydrogens is 526 g/mol.